The van der Waals surface area contributed by atoms with E-state index >= 15 is 0 Å². The topological polar surface area (TPSA) is 18.5 Å². The van der Waals surface area contributed by atoms with Crippen LogP contribution in [0.5, 0.6) is 11.5 Å². The van der Waals surface area contributed by atoms with Crippen LogP contribution in [0, 0.1) is 6.92 Å². The zero-order valence-electron chi connectivity index (χ0n) is 5.33. The first kappa shape index (κ1) is 5.59. The summed E-state index contributed by atoms with van der Waals surface area (Å²) in [4.78, 5) is 0. The van der Waals surface area contributed by atoms with E-state index in [-0.39, 0.29) is 6.79 Å². The molecule has 0 N–H and O–H groups in total. The van der Waals surface area contributed by atoms with E-state index in [1.807, 2.05) is 12.1 Å². The molecule has 1 aliphatic heterocycles. The van der Waals surface area contributed by atoms with Gasteiger partial charge in [-0.1, -0.05) is 12.1 Å². The smallest absolute Gasteiger partial charge is 0.231 e. The van der Waals surface area contributed by atoms with Gasteiger partial charge in [0.25, 0.3) is 0 Å². The highest BCUT2D eigenvalue weighted by Gasteiger charge is 2.13. The Hall–Kier alpha value is -1.18. The molecule has 1 aliphatic rings. The Labute approximate surface area is 59.4 Å². The van der Waals surface area contributed by atoms with Crippen LogP contribution in [0.25, 0.3) is 0 Å². The van der Waals surface area contributed by atoms with Gasteiger partial charge in [-0.2, -0.15) is 0 Å². The van der Waals surface area contributed by atoms with Gasteiger partial charge >= 0.3 is 0 Å². The van der Waals surface area contributed by atoms with E-state index < -0.39 is 0 Å². The van der Waals surface area contributed by atoms with Crippen molar-refractivity contribution in [3.05, 3.63) is 30.7 Å². The number of ether oxygens (including phenoxy) is 2. The van der Waals surface area contributed by atoms with Crippen LogP contribution in [0.3, 0.4) is 0 Å². The second-order valence-corrected chi connectivity index (χ2v) is 2.08. The third-order valence-corrected chi connectivity index (χ3v) is 1.43. The van der Waals surface area contributed by atoms with Crippen molar-refractivity contribution in [3.8, 4) is 11.5 Å². The van der Waals surface area contributed by atoms with Crippen LogP contribution in [-0.4, -0.2) is 6.79 Å². The molecule has 0 unspecified atom stereocenters. The minimum absolute atomic E-state index is 0.281. The van der Waals surface area contributed by atoms with E-state index in [0.29, 0.717) is 11.3 Å². The second kappa shape index (κ2) is 1.90. The number of para-hydroxylation sites is 1. The first-order chi connectivity index (χ1) is 4.88. The van der Waals surface area contributed by atoms with Crippen LogP contribution in [0.2, 0.25) is 0 Å². The summed E-state index contributed by atoms with van der Waals surface area (Å²) >= 11 is 0. The Kier molecular flexibility index (Phi) is 1.07. The summed E-state index contributed by atoms with van der Waals surface area (Å²) in [5.74, 6) is 1.41. The van der Waals surface area contributed by atoms with Crippen LogP contribution >= 0.6 is 0 Å². The van der Waals surface area contributed by atoms with E-state index in [0.717, 1.165) is 5.75 Å². The molecule has 0 fully saturated rings. The number of benzene rings is 1. The minimum atomic E-state index is 0.281. The number of fused-ring (bicyclic) bond motifs is 1. The molecule has 1 aromatic rings. The van der Waals surface area contributed by atoms with Crippen molar-refractivity contribution < 1.29 is 9.47 Å². The van der Waals surface area contributed by atoms with Gasteiger partial charge in [-0.15, -0.1) is 0 Å². The Bertz CT molecular complexity index is 255. The molecule has 2 nitrogen and oxygen atoms in total. The lowest BCUT2D eigenvalue weighted by Crippen LogP contribution is -1.93. The van der Waals surface area contributed by atoms with Crippen LogP contribution in [0.4, 0.5) is 0 Å². The number of hydrogen-bond donors (Lipinski definition) is 0. The van der Waals surface area contributed by atoms with Gasteiger partial charge in [0.1, 0.15) is 0 Å². The van der Waals surface area contributed by atoms with Gasteiger partial charge < -0.3 is 9.47 Å². The molecule has 2 radical (unpaired) electrons. The van der Waals surface area contributed by atoms with Gasteiger partial charge in [-0.3, -0.25) is 0 Å². The van der Waals surface area contributed by atoms with Crippen molar-refractivity contribution >= 4 is 0 Å². The van der Waals surface area contributed by atoms with Gasteiger partial charge in [0.15, 0.2) is 11.5 Å². The SMILES string of the molecule is [CH]c1cccc2c1OCO2. The molecular weight excluding hydrogens is 128 g/mol. The fourth-order valence-electron chi connectivity index (χ4n) is 0.953. The molecule has 0 aromatic heterocycles. The standard InChI is InChI=1S/C8H6O2/c1-6-3-2-4-7-8(6)10-5-9-7/h1-4H,5H2. The molecule has 10 heavy (non-hydrogen) atoms. The maximum Gasteiger partial charge on any atom is 0.231 e. The highest BCUT2D eigenvalue weighted by Crippen LogP contribution is 2.34. The second-order valence-electron chi connectivity index (χ2n) is 2.08. The molecule has 0 aliphatic carbocycles. The summed E-state index contributed by atoms with van der Waals surface area (Å²) in [5.41, 5.74) is 0.634. The van der Waals surface area contributed by atoms with Crippen LogP contribution < -0.4 is 9.47 Å². The monoisotopic (exact) mass is 134 g/mol. The largest absolute Gasteiger partial charge is 0.454 e. The summed E-state index contributed by atoms with van der Waals surface area (Å²) in [6, 6.07) is 5.45. The van der Waals surface area contributed by atoms with E-state index in [1.54, 1.807) is 6.07 Å². The van der Waals surface area contributed by atoms with Gasteiger partial charge in [-0.25, -0.2) is 0 Å². The molecule has 2 heteroatoms. The third-order valence-electron chi connectivity index (χ3n) is 1.43. The Morgan fingerprint density at radius 3 is 3.00 bits per heavy atom. The molecule has 0 atom stereocenters. The zero-order chi connectivity index (χ0) is 6.97. The quantitative estimate of drug-likeness (QED) is 0.535. The predicted octanol–water partition coefficient (Wildman–Crippen LogP) is 1.47. The van der Waals surface area contributed by atoms with Crippen molar-refractivity contribution in [2.24, 2.45) is 0 Å². The lowest BCUT2D eigenvalue weighted by molar-refractivity contribution is 0.173. The molecule has 0 saturated carbocycles. The fourth-order valence-corrected chi connectivity index (χ4v) is 0.953. The van der Waals surface area contributed by atoms with E-state index in [2.05, 4.69) is 0 Å². The van der Waals surface area contributed by atoms with Gasteiger partial charge in [0.05, 0.1) is 0 Å². The van der Waals surface area contributed by atoms with Gasteiger partial charge in [0, 0.05) is 12.5 Å². The highest BCUT2D eigenvalue weighted by atomic mass is 16.7. The minimum Gasteiger partial charge on any atom is -0.454 e. The lowest BCUT2D eigenvalue weighted by Gasteiger charge is -1.96. The zero-order valence-corrected chi connectivity index (χ0v) is 5.33. The molecule has 0 spiro atoms. The van der Waals surface area contributed by atoms with Crippen molar-refractivity contribution in [1.82, 2.24) is 0 Å². The molecule has 2 rings (SSSR count). The summed E-state index contributed by atoms with van der Waals surface area (Å²) in [6.45, 7) is 5.85. The summed E-state index contributed by atoms with van der Waals surface area (Å²) in [6.07, 6.45) is 0. The molecule has 1 aromatic carbocycles. The average Bonchev–Trinajstić information content (AvgIpc) is 2.36. The number of rotatable bonds is 0. The normalized spacial score (nSPS) is 13.7. The van der Waals surface area contributed by atoms with Crippen molar-refractivity contribution in [1.29, 1.82) is 0 Å². The van der Waals surface area contributed by atoms with Crippen LogP contribution in [-0.2, 0) is 0 Å². The predicted molar refractivity (Wildman–Crippen MR) is 36.0 cm³/mol. The summed E-state index contributed by atoms with van der Waals surface area (Å²) < 4.78 is 10.2. The fraction of sp³-hybridized carbons (Fsp3) is 0.125. The number of hydrogen-bond acceptors (Lipinski definition) is 2. The first-order valence-electron chi connectivity index (χ1n) is 3.02. The summed E-state index contributed by atoms with van der Waals surface area (Å²) in [7, 11) is 0. The Balaban J connectivity index is 2.59. The molecule has 0 amide bonds. The molecule has 50 valence electrons. The van der Waals surface area contributed by atoms with Crippen molar-refractivity contribution in [3.63, 3.8) is 0 Å². The average molecular weight is 134 g/mol. The highest BCUT2D eigenvalue weighted by molar-refractivity contribution is 5.49. The van der Waals surface area contributed by atoms with Crippen molar-refractivity contribution in [2.75, 3.05) is 6.79 Å². The molecule has 1 heterocycles. The maximum absolute atomic E-state index is 5.57. The van der Waals surface area contributed by atoms with E-state index in [4.69, 9.17) is 16.4 Å². The van der Waals surface area contributed by atoms with Crippen LogP contribution in [0.1, 0.15) is 5.56 Å². The van der Waals surface area contributed by atoms with Gasteiger partial charge in [0.2, 0.25) is 6.79 Å². The molecular formula is C8H6O2. The Morgan fingerprint density at radius 1 is 1.30 bits per heavy atom. The first-order valence-corrected chi connectivity index (χ1v) is 3.02. The third kappa shape index (κ3) is 0.652. The Morgan fingerprint density at radius 2 is 2.20 bits per heavy atom. The van der Waals surface area contributed by atoms with Crippen LogP contribution in [0.15, 0.2) is 18.2 Å². The molecule has 0 saturated heterocycles. The maximum atomic E-state index is 5.57. The summed E-state index contributed by atoms with van der Waals surface area (Å²) in [5, 5.41) is 0. The van der Waals surface area contributed by atoms with E-state index in [9.17, 15) is 0 Å². The van der Waals surface area contributed by atoms with Crippen molar-refractivity contribution in [2.45, 2.75) is 0 Å². The van der Waals surface area contributed by atoms with E-state index in [1.165, 1.54) is 0 Å². The molecule has 0 bridgehead atoms. The van der Waals surface area contributed by atoms with Gasteiger partial charge in [-0.05, 0) is 6.07 Å². The lowest BCUT2D eigenvalue weighted by atomic mass is 10.2.